The van der Waals surface area contributed by atoms with Crippen molar-refractivity contribution < 1.29 is 9.18 Å². The number of carbonyl (C=O) groups is 1. The van der Waals surface area contributed by atoms with Gasteiger partial charge in [-0.05, 0) is 35.9 Å². The summed E-state index contributed by atoms with van der Waals surface area (Å²) in [6.07, 6.45) is 0. The number of amides is 1. The molecule has 0 saturated carbocycles. The molecule has 2 aromatic rings. The molecule has 20 heavy (non-hydrogen) atoms. The van der Waals surface area contributed by atoms with Crippen LogP contribution in [0.1, 0.15) is 11.6 Å². The lowest BCUT2D eigenvalue weighted by atomic mass is 9.88. The lowest BCUT2D eigenvalue weighted by molar-refractivity contribution is -0.126. The summed E-state index contributed by atoms with van der Waals surface area (Å²) in [7, 11) is 0. The van der Waals surface area contributed by atoms with Crippen molar-refractivity contribution in [3.8, 4) is 0 Å². The second kappa shape index (κ2) is 4.89. The molecule has 1 fully saturated rings. The summed E-state index contributed by atoms with van der Waals surface area (Å²) in [4.78, 5) is 13.5. The molecule has 1 aliphatic rings. The Morgan fingerprint density at radius 1 is 1.15 bits per heavy atom. The molecule has 1 amide bonds. The Hall–Kier alpha value is -1.91. The number of hydrogen-bond acceptors (Lipinski definition) is 2. The van der Waals surface area contributed by atoms with Crippen molar-refractivity contribution in [2.24, 2.45) is 5.73 Å². The monoisotopic (exact) mass is 290 g/mol. The number of hydrogen-bond donors (Lipinski definition) is 1. The van der Waals surface area contributed by atoms with E-state index >= 15 is 0 Å². The van der Waals surface area contributed by atoms with E-state index < -0.39 is 6.04 Å². The first-order valence-electron chi connectivity index (χ1n) is 6.17. The summed E-state index contributed by atoms with van der Waals surface area (Å²) in [5, 5.41) is 0.577. The van der Waals surface area contributed by atoms with E-state index in [1.54, 1.807) is 30.3 Å². The van der Waals surface area contributed by atoms with Crippen LogP contribution in [0.4, 0.5) is 10.1 Å². The summed E-state index contributed by atoms with van der Waals surface area (Å²) < 4.78 is 13.3. The van der Waals surface area contributed by atoms with Gasteiger partial charge in [-0.1, -0.05) is 29.8 Å². The molecule has 1 heterocycles. The molecule has 2 atom stereocenters. The third-order valence-corrected chi connectivity index (χ3v) is 3.65. The molecule has 2 aromatic carbocycles. The molecule has 1 aliphatic heterocycles. The Morgan fingerprint density at radius 3 is 2.60 bits per heavy atom. The smallest absolute Gasteiger partial charge is 0.247 e. The zero-order chi connectivity index (χ0) is 14.3. The molecule has 0 radical (unpaired) electrons. The van der Waals surface area contributed by atoms with Gasteiger partial charge in [0.25, 0.3) is 0 Å². The molecule has 1 saturated heterocycles. The lowest BCUT2D eigenvalue weighted by Crippen LogP contribution is -2.63. The Kier molecular flexibility index (Phi) is 3.20. The van der Waals surface area contributed by atoms with Crippen LogP contribution < -0.4 is 10.6 Å². The van der Waals surface area contributed by atoms with Gasteiger partial charge in [0, 0.05) is 10.7 Å². The summed E-state index contributed by atoms with van der Waals surface area (Å²) in [6.45, 7) is 0. The van der Waals surface area contributed by atoms with E-state index in [1.165, 1.54) is 17.0 Å². The second-order valence-corrected chi connectivity index (χ2v) is 5.15. The summed E-state index contributed by atoms with van der Waals surface area (Å²) in [5.74, 6) is -0.610. The van der Waals surface area contributed by atoms with E-state index in [4.69, 9.17) is 17.3 Å². The fourth-order valence-electron chi connectivity index (χ4n) is 2.47. The summed E-state index contributed by atoms with van der Waals surface area (Å²) in [6, 6.07) is 12.1. The lowest BCUT2D eigenvalue weighted by Gasteiger charge is -2.45. The van der Waals surface area contributed by atoms with Crippen molar-refractivity contribution in [3.05, 3.63) is 64.9 Å². The fourth-order valence-corrected chi connectivity index (χ4v) is 2.67. The van der Waals surface area contributed by atoms with Crippen LogP contribution in [0.2, 0.25) is 5.02 Å². The molecule has 102 valence electrons. The van der Waals surface area contributed by atoms with Crippen LogP contribution in [-0.4, -0.2) is 11.9 Å². The van der Waals surface area contributed by atoms with Crippen LogP contribution in [0.3, 0.4) is 0 Å². The zero-order valence-corrected chi connectivity index (χ0v) is 11.2. The first-order chi connectivity index (χ1) is 9.58. The maximum absolute atomic E-state index is 13.3. The second-order valence-electron chi connectivity index (χ2n) is 4.71. The highest BCUT2D eigenvalue weighted by Gasteiger charge is 2.46. The minimum atomic E-state index is -0.628. The van der Waals surface area contributed by atoms with E-state index in [0.717, 1.165) is 5.56 Å². The van der Waals surface area contributed by atoms with Gasteiger partial charge in [0.15, 0.2) is 0 Å². The molecular weight excluding hydrogens is 279 g/mol. The molecular formula is C15H12ClFN2O. The van der Waals surface area contributed by atoms with Crippen LogP contribution in [-0.2, 0) is 4.79 Å². The molecule has 0 bridgehead atoms. The van der Waals surface area contributed by atoms with E-state index in [1.807, 2.05) is 6.07 Å². The van der Waals surface area contributed by atoms with Gasteiger partial charge in [-0.2, -0.15) is 0 Å². The topological polar surface area (TPSA) is 46.3 Å². The number of benzene rings is 2. The average molecular weight is 291 g/mol. The number of anilines is 1. The van der Waals surface area contributed by atoms with Crippen molar-refractivity contribution in [2.75, 3.05) is 4.90 Å². The number of halogens is 2. The minimum Gasteiger partial charge on any atom is -0.318 e. The van der Waals surface area contributed by atoms with Crippen molar-refractivity contribution in [2.45, 2.75) is 12.1 Å². The van der Waals surface area contributed by atoms with Crippen LogP contribution in [0, 0.1) is 5.82 Å². The number of β-lactam (4-membered cyclic amide) rings is 1. The maximum Gasteiger partial charge on any atom is 0.247 e. The van der Waals surface area contributed by atoms with Crippen LogP contribution in [0.25, 0.3) is 0 Å². The molecule has 0 aliphatic carbocycles. The van der Waals surface area contributed by atoms with Crippen LogP contribution in [0.15, 0.2) is 48.5 Å². The predicted molar refractivity (Wildman–Crippen MR) is 76.1 cm³/mol. The van der Waals surface area contributed by atoms with E-state index in [2.05, 4.69) is 0 Å². The number of nitrogens with zero attached hydrogens (tertiary/aromatic N) is 1. The van der Waals surface area contributed by atoms with Gasteiger partial charge >= 0.3 is 0 Å². The quantitative estimate of drug-likeness (QED) is 0.865. The third-order valence-electron chi connectivity index (χ3n) is 3.42. The average Bonchev–Trinajstić information content (AvgIpc) is 2.43. The van der Waals surface area contributed by atoms with Gasteiger partial charge < -0.3 is 10.6 Å². The largest absolute Gasteiger partial charge is 0.318 e. The van der Waals surface area contributed by atoms with Crippen molar-refractivity contribution >= 4 is 23.2 Å². The molecule has 0 aromatic heterocycles. The fraction of sp³-hybridized carbons (Fsp3) is 0.133. The SMILES string of the molecule is N[C@H]1C(=O)N(c2cccc(F)c2)[C@H]1c1cccc(Cl)c1. The van der Waals surface area contributed by atoms with E-state index in [0.29, 0.717) is 10.7 Å². The van der Waals surface area contributed by atoms with Crippen LogP contribution in [0.5, 0.6) is 0 Å². The normalized spacial score (nSPS) is 21.8. The van der Waals surface area contributed by atoms with Gasteiger partial charge in [-0.25, -0.2) is 4.39 Å². The Labute approximate surface area is 120 Å². The van der Waals surface area contributed by atoms with Gasteiger partial charge in [0.1, 0.15) is 11.9 Å². The summed E-state index contributed by atoms with van der Waals surface area (Å²) >= 11 is 5.97. The van der Waals surface area contributed by atoms with E-state index in [-0.39, 0.29) is 17.8 Å². The van der Waals surface area contributed by atoms with Crippen molar-refractivity contribution in [3.63, 3.8) is 0 Å². The maximum atomic E-state index is 13.3. The zero-order valence-electron chi connectivity index (χ0n) is 10.5. The number of nitrogens with two attached hydrogens (primary N) is 1. The predicted octanol–water partition coefficient (Wildman–Crippen LogP) is 2.89. The Morgan fingerprint density at radius 2 is 1.90 bits per heavy atom. The first-order valence-corrected chi connectivity index (χ1v) is 6.55. The van der Waals surface area contributed by atoms with Gasteiger partial charge in [0.2, 0.25) is 5.91 Å². The minimum absolute atomic E-state index is 0.222. The molecule has 3 rings (SSSR count). The van der Waals surface area contributed by atoms with Gasteiger partial charge in [0.05, 0.1) is 6.04 Å². The highest BCUT2D eigenvalue weighted by Crippen LogP contribution is 2.38. The number of carbonyl (C=O) groups excluding carboxylic acids is 1. The molecule has 0 unspecified atom stereocenters. The van der Waals surface area contributed by atoms with Gasteiger partial charge in [-0.3, -0.25) is 4.79 Å². The first kappa shape index (κ1) is 13.1. The molecule has 3 nitrogen and oxygen atoms in total. The Bertz CT molecular complexity index is 676. The highest BCUT2D eigenvalue weighted by atomic mass is 35.5. The molecule has 5 heteroatoms. The van der Waals surface area contributed by atoms with Crippen molar-refractivity contribution in [1.82, 2.24) is 0 Å². The molecule has 0 spiro atoms. The standard InChI is InChI=1S/C15H12ClFN2O/c16-10-4-1-3-9(7-10)14-13(18)15(20)19(14)12-6-2-5-11(17)8-12/h1-8,13-14H,18H2/t13-,14+/m1/s1. The van der Waals surface area contributed by atoms with Crippen molar-refractivity contribution in [1.29, 1.82) is 0 Å². The number of rotatable bonds is 2. The summed E-state index contributed by atoms with van der Waals surface area (Å²) in [5.41, 5.74) is 7.23. The van der Waals surface area contributed by atoms with Gasteiger partial charge in [-0.15, -0.1) is 0 Å². The van der Waals surface area contributed by atoms with Crippen LogP contribution >= 0.6 is 11.6 Å². The van der Waals surface area contributed by atoms with E-state index in [9.17, 15) is 9.18 Å². The Balaban J connectivity index is 2.00. The molecule has 2 N–H and O–H groups in total. The third kappa shape index (κ3) is 2.07. The highest BCUT2D eigenvalue weighted by molar-refractivity contribution is 6.30.